The molecule has 11 heteroatoms. The maximum Gasteiger partial charge on any atom is 0.306 e. The van der Waals surface area contributed by atoms with Crippen LogP contribution in [0.5, 0.6) is 0 Å². The van der Waals surface area contributed by atoms with Gasteiger partial charge in [0.2, 0.25) is 0 Å². The monoisotopic (exact) mass is 581 g/mol. The van der Waals surface area contributed by atoms with Crippen molar-refractivity contribution in [2.45, 2.75) is 116 Å². The average Bonchev–Trinajstić information content (AvgIpc) is 2.84. The summed E-state index contributed by atoms with van der Waals surface area (Å²) in [4.78, 5) is 34.7. The number of carboxylic acid groups (broad SMARTS) is 1. The summed E-state index contributed by atoms with van der Waals surface area (Å²) in [5, 5.41) is 8.75. The van der Waals surface area contributed by atoms with Crippen LogP contribution in [-0.2, 0) is 32.7 Å². The number of phosphoric acid groups is 1. The highest BCUT2D eigenvalue weighted by Crippen LogP contribution is 2.38. The Labute approximate surface area is 236 Å². The lowest BCUT2D eigenvalue weighted by molar-refractivity contribution is -0.870. The molecule has 0 aromatic heterocycles. The molecule has 0 heterocycles. The van der Waals surface area contributed by atoms with Gasteiger partial charge in [-0.15, -0.1) is 0 Å². The Morgan fingerprint density at radius 3 is 1.77 bits per heavy atom. The number of carbonyl (C=O) groups excluding carboxylic acids is 1. The Morgan fingerprint density at radius 1 is 0.769 bits per heavy atom. The van der Waals surface area contributed by atoms with Crippen LogP contribution >= 0.6 is 7.82 Å². The molecule has 0 saturated heterocycles. The molecule has 39 heavy (non-hydrogen) atoms. The maximum absolute atomic E-state index is 12.1. The molecule has 0 aliphatic heterocycles. The van der Waals surface area contributed by atoms with Crippen molar-refractivity contribution in [3.05, 3.63) is 0 Å². The van der Waals surface area contributed by atoms with Crippen LogP contribution in [0.2, 0.25) is 0 Å². The minimum absolute atomic E-state index is 0.0387. The minimum atomic E-state index is -4.58. The van der Waals surface area contributed by atoms with Gasteiger partial charge in [0.25, 0.3) is 7.82 Å². The molecule has 232 valence electrons. The molecule has 0 spiro atoms. The van der Waals surface area contributed by atoms with Crippen LogP contribution in [0.3, 0.4) is 0 Å². The summed E-state index contributed by atoms with van der Waals surface area (Å²) in [6, 6.07) is 0. The molecule has 0 aliphatic rings. The van der Waals surface area contributed by atoms with Gasteiger partial charge in [0.1, 0.15) is 19.3 Å². The van der Waals surface area contributed by atoms with Crippen molar-refractivity contribution in [3.8, 4) is 0 Å². The molecule has 2 atom stereocenters. The fourth-order valence-electron chi connectivity index (χ4n) is 3.82. The number of aliphatic carboxylic acids is 1. The van der Waals surface area contributed by atoms with Gasteiger partial charge in [-0.1, -0.05) is 90.4 Å². The van der Waals surface area contributed by atoms with Gasteiger partial charge in [0.15, 0.2) is 0 Å². The van der Waals surface area contributed by atoms with Gasteiger partial charge in [-0.2, -0.15) is 0 Å². The summed E-state index contributed by atoms with van der Waals surface area (Å²) in [7, 11) is 1.13. The third kappa shape index (κ3) is 28.3. The number of rotatable bonds is 28. The second-order valence-corrected chi connectivity index (χ2v) is 12.7. The van der Waals surface area contributed by atoms with Crippen molar-refractivity contribution < 1.29 is 47.2 Å². The molecule has 1 unspecified atom stereocenters. The van der Waals surface area contributed by atoms with Crippen LogP contribution in [-0.4, -0.2) is 81.7 Å². The molecule has 0 amide bonds. The molecule has 0 fully saturated rings. The summed E-state index contributed by atoms with van der Waals surface area (Å²) < 4.78 is 33.2. The third-order valence-corrected chi connectivity index (χ3v) is 7.18. The number of hydrogen-bond donors (Lipinski definition) is 1. The summed E-state index contributed by atoms with van der Waals surface area (Å²) in [6.07, 6.45) is 15.9. The van der Waals surface area contributed by atoms with Gasteiger partial charge >= 0.3 is 11.9 Å². The van der Waals surface area contributed by atoms with Crippen LogP contribution in [0.4, 0.5) is 0 Å². The first kappa shape index (κ1) is 38.0. The Morgan fingerprint density at radius 2 is 1.28 bits per heavy atom. The predicted molar refractivity (Wildman–Crippen MR) is 150 cm³/mol. The Kier molecular flexibility index (Phi) is 23.0. The number of hydrogen-bond acceptors (Lipinski definition) is 8. The molecule has 0 saturated carbocycles. The van der Waals surface area contributed by atoms with E-state index in [9.17, 15) is 19.0 Å². The Balaban J connectivity index is 4.12. The fourth-order valence-corrected chi connectivity index (χ4v) is 4.55. The molecular formula is C28H56NO9P. The molecule has 0 rings (SSSR count). The first-order valence-corrected chi connectivity index (χ1v) is 16.3. The lowest BCUT2D eigenvalue weighted by atomic mass is 10.0. The zero-order valence-corrected chi connectivity index (χ0v) is 25.9. The number of carboxylic acids is 1. The van der Waals surface area contributed by atoms with Crippen LogP contribution in [0, 0.1) is 0 Å². The van der Waals surface area contributed by atoms with Crippen molar-refractivity contribution >= 4 is 19.8 Å². The van der Waals surface area contributed by atoms with E-state index in [1.807, 2.05) is 21.1 Å². The fraction of sp³-hybridized carbons (Fsp3) is 0.929. The first-order valence-electron chi connectivity index (χ1n) is 14.8. The van der Waals surface area contributed by atoms with Crippen LogP contribution < -0.4 is 4.89 Å². The second kappa shape index (κ2) is 23.7. The topological polar surface area (TPSA) is 131 Å². The van der Waals surface area contributed by atoms with Crippen molar-refractivity contribution in [2.24, 2.45) is 0 Å². The quantitative estimate of drug-likeness (QED) is 0.0553. The summed E-state index contributed by atoms with van der Waals surface area (Å²) in [6.45, 7) is 2.62. The lowest BCUT2D eigenvalue weighted by Gasteiger charge is -2.28. The predicted octanol–water partition coefficient (Wildman–Crippen LogP) is 5.47. The van der Waals surface area contributed by atoms with E-state index in [4.69, 9.17) is 23.6 Å². The molecule has 0 bridgehead atoms. The van der Waals surface area contributed by atoms with Crippen LogP contribution in [0.25, 0.3) is 0 Å². The first-order chi connectivity index (χ1) is 18.4. The van der Waals surface area contributed by atoms with Crippen LogP contribution in [0.1, 0.15) is 110 Å². The highest BCUT2D eigenvalue weighted by molar-refractivity contribution is 7.45. The van der Waals surface area contributed by atoms with Gasteiger partial charge in [-0.25, -0.2) is 0 Å². The Hall–Kier alpha value is -1.03. The van der Waals surface area contributed by atoms with Crippen molar-refractivity contribution in [1.82, 2.24) is 0 Å². The smallest absolute Gasteiger partial charge is 0.306 e. The number of esters is 1. The number of quaternary nitrogens is 1. The Bertz CT molecular complexity index is 670. The van der Waals surface area contributed by atoms with Crippen molar-refractivity contribution in [2.75, 3.05) is 54.1 Å². The molecule has 10 nitrogen and oxygen atoms in total. The zero-order valence-electron chi connectivity index (χ0n) is 25.0. The summed E-state index contributed by atoms with van der Waals surface area (Å²) in [5.41, 5.74) is 0. The minimum Gasteiger partial charge on any atom is -0.756 e. The third-order valence-electron chi connectivity index (χ3n) is 6.22. The number of carbonyl (C=O) groups is 2. The summed E-state index contributed by atoms with van der Waals surface area (Å²) >= 11 is 0. The number of unbranched alkanes of at least 4 members (excludes halogenated alkanes) is 13. The SMILES string of the molecule is CCCCCCCCCCCCCCCCOC[C@H](COP(=O)([O-])OCC[N+](C)(C)C)OC(=O)CCC(=O)O. The second-order valence-electron chi connectivity index (χ2n) is 11.3. The van der Waals surface area contributed by atoms with E-state index in [0.717, 1.165) is 19.3 Å². The van der Waals surface area contributed by atoms with Crippen LogP contribution in [0.15, 0.2) is 0 Å². The van der Waals surface area contributed by atoms with E-state index < -0.39 is 32.5 Å². The molecule has 1 N–H and O–H groups in total. The molecule has 0 aromatic carbocycles. The van der Waals surface area contributed by atoms with Crippen molar-refractivity contribution in [3.63, 3.8) is 0 Å². The number of nitrogens with zero attached hydrogens (tertiary/aromatic N) is 1. The summed E-state index contributed by atoms with van der Waals surface area (Å²) in [5.74, 6) is -1.87. The highest BCUT2D eigenvalue weighted by Gasteiger charge is 2.20. The van der Waals surface area contributed by atoms with E-state index in [1.54, 1.807) is 0 Å². The van der Waals surface area contributed by atoms with E-state index in [2.05, 4.69) is 6.92 Å². The highest BCUT2D eigenvalue weighted by atomic mass is 31.2. The normalized spacial score (nSPS) is 14.2. The standard InChI is InChI=1S/C28H56NO9P/c1-5-6-7-8-9-10-11-12-13-14-15-16-17-18-22-35-24-26(38-28(32)20-19-27(30)31)25-37-39(33,34)36-23-21-29(2,3)4/h26H,5-25H2,1-4H3,(H-,30,31,33,34)/t26-/m1/s1. The zero-order chi connectivity index (χ0) is 29.4. The van der Waals surface area contributed by atoms with E-state index >= 15 is 0 Å². The van der Waals surface area contributed by atoms with Gasteiger partial charge in [-0.05, 0) is 6.42 Å². The lowest BCUT2D eigenvalue weighted by Crippen LogP contribution is -2.37. The van der Waals surface area contributed by atoms with Gasteiger partial charge in [0.05, 0.1) is 47.2 Å². The van der Waals surface area contributed by atoms with E-state index in [0.29, 0.717) is 17.6 Å². The number of likely N-dealkylation sites (N-methyl/N-ethyl adjacent to an activating group) is 1. The molecular weight excluding hydrogens is 525 g/mol. The van der Waals surface area contributed by atoms with Gasteiger partial charge in [0, 0.05) is 6.61 Å². The van der Waals surface area contributed by atoms with E-state index in [1.165, 1.54) is 70.6 Å². The largest absolute Gasteiger partial charge is 0.756 e. The van der Waals surface area contributed by atoms with Crippen molar-refractivity contribution in [1.29, 1.82) is 0 Å². The molecule has 0 radical (unpaired) electrons. The number of ether oxygens (including phenoxy) is 2. The average molecular weight is 582 g/mol. The van der Waals surface area contributed by atoms with Gasteiger partial charge in [-0.3, -0.25) is 14.2 Å². The molecule has 0 aliphatic carbocycles. The molecule has 0 aromatic rings. The maximum atomic E-state index is 12.1. The van der Waals surface area contributed by atoms with E-state index in [-0.39, 0.29) is 26.1 Å². The van der Waals surface area contributed by atoms with Gasteiger partial charge < -0.3 is 33.0 Å². The number of phosphoric ester groups is 1.